The first-order valence-electron chi connectivity index (χ1n) is 9.02. The van der Waals surface area contributed by atoms with E-state index in [1.807, 2.05) is 12.1 Å². The lowest BCUT2D eigenvalue weighted by Gasteiger charge is -2.18. The van der Waals surface area contributed by atoms with Gasteiger partial charge in [-0.05, 0) is 68.8 Å². The van der Waals surface area contributed by atoms with Crippen molar-refractivity contribution in [2.24, 2.45) is 0 Å². The lowest BCUT2D eigenvalue weighted by molar-refractivity contribution is -0.383. The predicted octanol–water partition coefficient (Wildman–Crippen LogP) is 5.11. The Hall–Kier alpha value is -2.57. The van der Waals surface area contributed by atoms with E-state index < -0.39 is 4.92 Å². The van der Waals surface area contributed by atoms with Crippen LogP contribution in [0.2, 0.25) is 5.02 Å². The van der Waals surface area contributed by atoms with Gasteiger partial charge in [-0.1, -0.05) is 11.6 Å². The van der Waals surface area contributed by atoms with E-state index in [-0.39, 0.29) is 5.69 Å². The minimum Gasteiger partial charge on any atom is -0.361 e. The van der Waals surface area contributed by atoms with E-state index >= 15 is 0 Å². The summed E-state index contributed by atoms with van der Waals surface area (Å²) >= 11 is 5.90. The number of aromatic nitrogens is 1. The van der Waals surface area contributed by atoms with Gasteiger partial charge in [0.15, 0.2) is 0 Å². The van der Waals surface area contributed by atoms with Gasteiger partial charge in [-0.25, -0.2) is 0 Å². The summed E-state index contributed by atoms with van der Waals surface area (Å²) < 4.78 is 0. The first kappa shape index (κ1) is 17.8. The second-order valence-electron chi connectivity index (χ2n) is 7.10. The van der Waals surface area contributed by atoms with Crippen LogP contribution in [-0.2, 0) is 6.42 Å². The molecular weight excluding hydrogens is 364 g/mol. The fourth-order valence-electron chi connectivity index (χ4n) is 3.83. The summed E-state index contributed by atoms with van der Waals surface area (Å²) in [6.45, 7) is 1.15. The molecule has 27 heavy (non-hydrogen) atoms. The van der Waals surface area contributed by atoms with Crippen LogP contribution < -0.4 is 5.32 Å². The number of likely N-dealkylation sites (tertiary alicyclic amines) is 1. The number of nitrogens with one attached hydrogen (secondary N) is 2. The Morgan fingerprint density at radius 2 is 2.19 bits per heavy atom. The summed E-state index contributed by atoms with van der Waals surface area (Å²) in [7, 11) is 2.18. The van der Waals surface area contributed by atoms with Crippen LogP contribution in [0.25, 0.3) is 10.9 Å². The third-order valence-corrected chi connectivity index (χ3v) is 5.57. The molecule has 0 spiro atoms. The first-order chi connectivity index (χ1) is 13.0. The van der Waals surface area contributed by atoms with Gasteiger partial charge in [-0.3, -0.25) is 10.1 Å². The molecule has 0 saturated carbocycles. The maximum Gasteiger partial charge on any atom is 0.294 e. The molecule has 1 fully saturated rings. The van der Waals surface area contributed by atoms with Gasteiger partial charge in [0.2, 0.25) is 0 Å². The zero-order chi connectivity index (χ0) is 19.0. The molecule has 1 aromatic heterocycles. The van der Waals surface area contributed by atoms with Crippen LogP contribution in [0, 0.1) is 10.1 Å². The van der Waals surface area contributed by atoms with Crippen LogP contribution in [0.5, 0.6) is 0 Å². The van der Waals surface area contributed by atoms with Gasteiger partial charge in [-0.2, -0.15) is 0 Å². The van der Waals surface area contributed by atoms with E-state index in [9.17, 15) is 10.1 Å². The molecule has 1 aliphatic heterocycles. The average Bonchev–Trinajstić information content (AvgIpc) is 3.23. The molecule has 0 amide bonds. The van der Waals surface area contributed by atoms with E-state index in [1.165, 1.54) is 24.5 Å². The van der Waals surface area contributed by atoms with Crippen molar-refractivity contribution in [3.05, 3.63) is 63.3 Å². The van der Waals surface area contributed by atoms with Crippen LogP contribution in [0.1, 0.15) is 18.4 Å². The zero-order valence-corrected chi connectivity index (χ0v) is 15.8. The van der Waals surface area contributed by atoms with E-state index in [0.29, 0.717) is 16.8 Å². The Kier molecular flexibility index (Phi) is 4.76. The van der Waals surface area contributed by atoms with E-state index in [0.717, 1.165) is 29.6 Å². The molecule has 1 saturated heterocycles. The second-order valence-corrected chi connectivity index (χ2v) is 7.54. The summed E-state index contributed by atoms with van der Waals surface area (Å²) in [5.41, 5.74) is 3.55. The quantitative estimate of drug-likeness (QED) is 0.473. The maximum absolute atomic E-state index is 11.3. The SMILES string of the molecule is CN1CCCC1Cc1c[nH]c2ccc(Nc3ccc(Cl)cc3[N+](=O)[O-])cc12. The highest BCUT2D eigenvalue weighted by Gasteiger charge is 2.22. The van der Waals surface area contributed by atoms with E-state index in [4.69, 9.17) is 11.6 Å². The molecule has 1 aliphatic rings. The number of fused-ring (bicyclic) bond motifs is 1. The number of rotatable bonds is 5. The van der Waals surface area contributed by atoms with Crippen LogP contribution in [-0.4, -0.2) is 34.4 Å². The highest BCUT2D eigenvalue weighted by molar-refractivity contribution is 6.30. The molecule has 0 aliphatic carbocycles. The lowest BCUT2D eigenvalue weighted by atomic mass is 10.0. The van der Waals surface area contributed by atoms with Crippen LogP contribution in [0.4, 0.5) is 17.1 Å². The number of anilines is 2. The Morgan fingerprint density at radius 3 is 2.93 bits per heavy atom. The van der Waals surface area contributed by atoms with E-state index in [1.54, 1.807) is 12.1 Å². The Morgan fingerprint density at radius 1 is 1.33 bits per heavy atom. The second kappa shape index (κ2) is 7.21. The number of likely N-dealkylation sites (N-methyl/N-ethyl adjacent to an activating group) is 1. The lowest BCUT2D eigenvalue weighted by Crippen LogP contribution is -2.26. The highest BCUT2D eigenvalue weighted by Crippen LogP contribution is 2.32. The van der Waals surface area contributed by atoms with Crippen molar-refractivity contribution in [1.82, 2.24) is 9.88 Å². The van der Waals surface area contributed by atoms with Crippen molar-refractivity contribution in [2.45, 2.75) is 25.3 Å². The molecule has 6 nitrogen and oxygen atoms in total. The summed E-state index contributed by atoms with van der Waals surface area (Å²) in [6.07, 6.45) is 5.54. The number of hydrogen-bond acceptors (Lipinski definition) is 4. The van der Waals surface area contributed by atoms with Gasteiger partial charge in [-0.15, -0.1) is 0 Å². The highest BCUT2D eigenvalue weighted by atomic mass is 35.5. The average molecular weight is 385 g/mol. The smallest absolute Gasteiger partial charge is 0.294 e. The molecule has 2 aromatic carbocycles. The molecular formula is C20H21ClN4O2. The Labute approximate surface area is 162 Å². The molecule has 4 rings (SSSR count). The van der Waals surface area contributed by atoms with Crippen LogP contribution in [0.3, 0.4) is 0 Å². The largest absolute Gasteiger partial charge is 0.361 e. The number of aromatic amines is 1. The van der Waals surface area contributed by atoms with Gasteiger partial charge < -0.3 is 15.2 Å². The predicted molar refractivity (Wildman–Crippen MR) is 109 cm³/mol. The van der Waals surface area contributed by atoms with Crippen molar-refractivity contribution in [2.75, 3.05) is 18.9 Å². The van der Waals surface area contributed by atoms with Gasteiger partial charge in [0.25, 0.3) is 5.69 Å². The van der Waals surface area contributed by atoms with E-state index in [2.05, 4.69) is 34.5 Å². The van der Waals surface area contributed by atoms with Crippen molar-refractivity contribution < 1.29 is 4.92 Å². The third-order valence-electron chi connectivity index (χ3n) is 5.33. The van der Waals surface area contributed by atoms with Crippen molar-refractivity contribution in [3.63, 3.8) is 0 Å². The minimum atomic E-state index is -0.426. The number of nitrogens with zero attached hydrogens (tertiary/aromatic N) is 2. The summed E-state index contributed by atoms with van der Waals surface area (Å²) in [4.78, 5) is 16.6. The molecule has 3 aromatic rings. The van der Waals surface area contributed by atoms with Crippen molar-refractivity contribution in [1.29, 1.82) is 0 Å². The number of nitro groups is 1. The number of halogens is 1. The number of H-pyrrole nitrogens is 1. The monoisotopic (exact) mass is 384 g/mol. The molecule has 2 N–H and O–H groups in total. The molecule has 1 unspecified atom stereocenters. The fraction of sp³-hybridized carbons (Fsp3) is 0.300. The standard InChI is InChI=1S/C20H21ClN4O2/c1-24-8-2-3-16(24)9-13-12-22-18-7-5-15(11-17(13)18)23-19-6-4-14(21)10-20(19)25(26)27/h4-7,10-12,16,22-23H,2-3,8-9H2,1H3. The van der Waals surface area contributed by atoms with Crippen molar-refractivity contribution >= 4 is 39.6 Å². The topological polar surface area (TPSA) is 74.2 Å². The Bertz CT molecular complexity index is 1000. The zero-order valence-electron chi connectivity index (χ0n) is 15.0. The maximum atomic E-state index is 11.3. The normalized spacial score (nSPS) is 17.5. The Balaban J connectivity index is 1.64. The summed E-state index contributed by atoms with van der Waals surface area (Å²) in [5, 5.41) is 16.0. The van der Waals surface area contributed by atoms with Gasteiger partial charge >= 0.3 is 0 Å². The molecule has 0 bridgehead atoms. The van der Waals surface area contributed by atoms with Crippen molar-refractivity contribution in [3.8, 4) is 0 Å². The van der Waals surface area contributed by atoms with Crippen LogP contribution in [0.15, 0.2) is 42.6 Å². The molecule has 140 valence electrons. The first-order valence-corrected chi connectivity index (χ1v) is 9.40. The minimum absolute atomic E-state index is 0.0375. The fourth-order valence-corrected chi connectivity index (χ4v) is 4.00. The number of hydrogen-bond donors (Lipinski definition) is 2. The van der Waals surface area contributed by atoms with Gasteiger partial charge in [0, 0.05) is 39.9 Å². The molecule has 2 heterocycles. The molecule has 0 radical (unpaired) electrons. The van der Waals surface area contributed by atoms with Gasteiger partial charge in [0.05, 0.1) is 4.92 Å². The van der Waals surface area contributed by atoms with Gasteiger partial charge in [0.1, 0.15) is 5.69 Å². The molecule has 7 heteroatoms. The number of nitro benzene ring substituents is 1. The summed E-state index contributed by atoms with van der Waals surface area (Å²) in [5.74, 6) is 0. The summed E-state index contributed by atoms with van der Waals surface area (Å²) in [6, 6.07) is 11.2. The third kappa shape index (κ3) is 3.63. The molecule has 1 atom stereocenters. The number of benzene rings is 2. The van der Waals surface area contributed by atoms with Crippen LogP contribution >= 0.6 is 11.6 Å².